The molecule has 0 fully saturated rings. The number of benzene rings is 2. The topological polar surface area (TPSA) is 115 Å². The van der Waals surface area contributed by atoms with Gasteiger partial charge in [0.25, 0.3) is 5.91 Å². The molecule has 194 valence electrons. The Morgan fingerprint density at radius 1 is 1.00 bits per heavy atom. The summed E-state index contributed by atoms with van der Waals surface area (Å²) in [6.07, 6.45) is 3.07. The lowest BCUT2D eigenvalue weighted by molar-refractivity contribution is -0.113. The van der Waals surface area contributed by atoms with Gasteiger partial charge >= 0.3 is 0 Å². The number of thioether (sulfide) groups is 1. The Hall–Kier alpha value is -3.96. The second-order valence-corrected chi connectivity index (χ2v) is 10.3. The molecular weight excluding hydrogens is 520 g/mol. The summed E-state index contributed by atoms with van der Waals surface area (Å²) >= 11 is 2.73. The number of anilines is 1. The lowest BCUT2D eigenvalue weighted by Gasteiger charge is -2.18. The van der Waals surface area contributed by atoms with Gasteiger partial charge in [0.2, 0.25) is 5.91 Å². The normalized spacial score (nSPS) is 11.1. The average molecular weight is 547 g/mol. The maximum atomic E-state index is 12.8. The third-order valence-electron chi connectivity index (χ3n) is 5.91. The molecule has 5 aromatic rings. The average Bonchev–Trinajstić information content (AvgIpc) is 3.69. The van der Waals surface area contributed by atoms with E-state index < -0.39 is 0 Å². The Morgan fingerprint density at radius 2 is 1.79 bits per heavy atom. The summed E-state index contributed by atoms with van der Waals surface area (Å²) in [5.74, 6) is 0.391. The number of furan rings is 1. The number of aryl methyl sites for hydroxylation is 2. The molecule has 0 saturated carbocycles. The third kappa shape index (κ3) is 5.48. The van der Waals surface area contributed by atoms with E-state index in [1.54, 1.807) is 12.1 Å². The zero-order valence-electron chi connectivity index (χ0n) is 20.9. The fourth-order valence-electron chi connectivity index (χ4n) is 4.10. The third-order valence-corrected chi connectivity index (χ3v) is 7.79. The molecule has 0 saturated heterocycles. The number of aromatic nitrogens is 4. The minimum absolute atomic E-state index is 0.128. The lowest BCUT2D eigenvalue weighted by atomic mass is 10.0. The maximum absolute atomic E-state index is 12.8. The summed E-state index contributed by atoms with van der Waals surface area (Å²) in [6.45, 7) is 4.34. The largest absolute Gasteiger partial charge is 0.459 e. The van der Waals surface area contributed by atoms with Gasteiger partial charge in [-0.1, -0.05) is 67.3 Å². The monoisotopic (exact) mass is 546 g/mol. The van der Waals surface area contributed by atoms with E-state index in [4.69, 9.17) is 4.42 Å². The second-order valence-electron chi connectivity index (χ2n) is 8.35. The Balaban J connectivity index is 1.39. The van der Waals surface area contributed by atoms with E-state index >= 15 is 0 Å². The van der Waals surface area contributed by atoms with Crippen LogP contribution in [-0.2, 0) is 24.2 Å². The molecule has 2 N–H and O–H groups in total. The molecule has 5 rings (SSSR count). The fraction of sp³-hybridized carbons (Fsp3) is 0.222. The van der Waals surface area contributed by atoms with Gasteiger partial charge in [-0.05, 0) is 48.2 Å². The van der Waals surface area contributed by atoms with Gasteiger partial charge in [0.1, 0.15) is 0 Å². The highest BCUT2D eigenvalue weighted by atomic mass is 32.2. The van der Waals surface area contributed by atoms with E-state index in [1.165, 1.54) is 29.4 Å². The minimum atomic E-state index is -0.339. The number of hydrogen-bond donors (Lipinski definition) is 2. The molecule has 2 aromatic carbocycles. The van der Waals surface area contributed by atoms with Gasteiger partial charge in [-0.15, -0.1) is 10.2 Å². The van der Waals surface area contributed by atoms with E-state index in [0.29, 0.717) is 16.1 Å². The van der Waals surface area contributed by atoms with Crippen LogP contribution in [0, 0.1) is 0 Å². The first-order valence-corrected chi connectivity index (χ1v) is 14.0. The van der Waals surface area contributed by atoms with Crippen molar-refractivity contribution >= 4 is 50.3 Å². The van der Waals surface area contributed by atoms with Crippen LogP contribution in [0.2, 0.25) is 0 Å². The van der Waals surface area contributed by atoms with Crippen molar-refractivity contribution in [2.75, 3.05) is 11.1 Å². The van der Waals surface area contributed by atoms with Crippen LogP contribution < -0.4 is 10.6 Å². The Morgan fingerprint density at radius 3 is 2.50 bits per heavy atom. The van der Waals surface area contributed by atoms with Crippen LogP contribution in [0.15, 0.2) is 70.4 Å². The molecule has 0 bridgehead atoms. The van der Waals surface area contributed by atoms with Crippen molar-refractivity contribution in [3.05, 3.63) is 83.6 Å². The molecule has 0 radical (unpaired) electrons. The molecule has 11 heteroatoms. The predicted molar refractivity (Wildman–Crippen MR) is 149 cm³/mol. The van der Waals surface area contributed by atoms with Crippen LogP contribution in [0.25, 0.3) is 15.9 Å². The number of nitrogens with zero attached hydrogens (tertiary/aromatic N) is 4. The van der Waals surface area contributed by atoms with E-state index in [9.17, 15) is 9.59 Å². The number of fused-ring (bicyclic) bond motifs is 1. The quantitative estimate of drug-likeness (QED) is 0.230. The zero-order chi connectivity index (χ0) is 26.5. The number of carbonyl (C=O) groups is 2. The number of para-hydroxylation sites is 2. The summed E-state index contributed by atoms with van der Waals surface area (Å²) in [5, 5.41) is 15.7. The number of hydrogen-bond acceptors (Lipinski definition) is 8. The van der Waals surface area contributed by atoms with E-state index in [2.05, 4.69) is 51.8 Å². The summed E-state index contributed by atoms with van der Waals surface area (Å²) < 4.78 is 8.17. The van der Waals surface area contributed by atoms with Gasteiger partial charge in [-0.3, -0.25) is 14.2 Å². The first-order chi connectivity index (χ1) is 18.6. The van der Waals surface area contributed by atoms with Gasteiger partial charge in [-0.25, -0.2) is 4.98 Å². The van der Waals surface area contributed by atoms with Crippen molar-refractivity contribution in [3.63, 3.8) is 0 Å². The van der Waals surface area contributed by atoms with Gasteiger partial charge in [0.05, 0.1) is 34.5 Å². The molecule has 0 aliphatic rings. The smallest absolute Gasteiger partial charge is 0.287 e. The van der Waals surface area contributed by atoms with Gasteiger partial charge in [-0.2, -0.15) is 0 Å². The number of amides is 2. The van der Waals surface area contributed by atoms with Crippen molar-refractivity contribution in [2.24, 2.45) is 0 Å². The van der Waals surface area contributed by atoms with Gasteiger partial charge in [0, 0.05) is 0 Å². The van der Waals surface area contributed by atoms with Gasteiger partial charge in [0.15, 0.2) is 21.9 Å². The molecular formula is C27H26N6O3S2. The van der Waals surface area contributed by atoms with Crippen LogP contribution in [0.1, 0.15) is 41.4 Å². The van der Waals surface area contributed by atoms with Gasteiger partial charge < -0.3 is 15.1 Å². The Bertz CT molecular complexity index is 1520. The van der Waals surface area contributed by atoms with Crippen LogP contribution in [0.5, 0.6) is 0 Å². The van der Waals surface area contributed by atoms with Crippen LogP contribution in [0.4, 0.5) is 5.13 Å². The molecule has 3 heterocycles. The van der Waals surface area contributed by atoms with E-state index in [-0.39, 0.29) is 29.9 Å². The summed E-state index contributed by atoms with van der Waals surface area (Å²) in [6, 6.07) is 17.2. The Kier molecular flexibility index (Phi) is 7.85. The number of thiazole rings is 1. The molecule has 9 nitrogen and oxygen atoms in total. The molecule has 0 unspecified atom stereocenters. The maximum Gasteiger partial charge on any atom is 0.287 e. The van der Waals surface area contributed by atoms with Crippen LogP contribution in [-0.4, -0.2) is 37.3 Å². The van der Waals surface area contributed by atoms with Crippen molar-refractivity contribution < 1.29 is 14.0 Å². The first kappa shape index (κ1) is 25.7. The van der Waals surface area contributed by atoms with Crippen molar-refractivity contribution in [1.82, 2.24) is 25.1 Å². The van der Waals surface area contributed by atoms with E-state index in [0.717, 1.165) is 39.9 Å². The standard InChI is InChI=1S/C27H26N6O3S2/c1-3-17-9-7-10-18(4-2)24(17)33-22(15-28-25(35)20-12-8-14-36-20)31-32-27(33)37-16-23(34)30-26-29-19-11-5-6-13-21(19)38-26/h5-14H,3-4,15-16H2,1-2H3,(H,28,35)(H,29,30,34). The molecule has 0 spiro atoms. The molecule has 0 aliphatic heterocycles. The highest BCUT2D eigenvalue weighted by Gasteiger charge is 2.21. The molecule has 2 amide bonds. The zero-order valence-corrected chi connectivity index (χ0v) is 22.6. The summed E-state index contributed by atoms with van der Waals surface area (Å²) in [4.78, 5) is 29.8. The second kappa shape index (κ2) is 11.6. The molecule has 38 heavy (non-hydrogen) atoms. The summed E-state index contributed by atoms with van der Waals surface area (Å²) in [5.41, 5.74) is 4.09. The minimum Gasteiger partial charge on any atom is -0.459 e. The van der Waals surface area contributed by atoms with Crippen molar-refractivity contribution in [3.8, 4) is 5.69 Å². The molecule has 0 aliphatic carbocycles. The van der Waals surface area contributed by atoms with Crippen LogP contribution >= 0.6 is 23.1 Å². The van der Waals surface area contributed by atoms with Crippen LogP contribution in [0.3, 0.4) is 0 Å². The number of nitrogens with one attached hydrogen (secondary N) is 2. The lowest BCUT2D eigenvalue weighted by Crippen LogP contribution is -2.24. The highest BCUT2D eigenvalue weighted by molar-refractivity contribution is 7.99. The highest BCUT2D eigenvalue weighted by Crippen LogP contribution is 2.29. The van der Waals surface area contributed by atoms with E-state index in [1.807, 2.05) is 34.9 Å². The first-order valence-electron chi connectivity index (χ1n) is 12.2. The fourth-order valence-corrected chi connectivity index (χ4v) is 5.74. The predicted octanol–water partition coefficient (Wildman–Crippen LogP) is 5.26. The number of rotatable bonds is 10. The Labute approximate surface area is 227 Å². The number of carbonyl (C=O) groups excluding carboxylic acids is 2. The molecule has 0 atom stereocenters. The SMILES string of the molecule is CCc1cccc(CC)c1-n1c(CNC(=O)c2ccco2)nnc1SCC(=O)Nc1nc2ccccc2s1. The van der Waals surface area contributed by atoms with Crippen molar-refractivity contribution in [2.45, 2.75) is 38.4 Å². The molecule has 3 aromatic heterocycles. The van der Waals surface area contributed by atoms with Crippen molar-refractivity contribution in [1.29, 1.82) is 0 Å². The summed E-state index contributed by atoms with van der Waals surface area (Å²) in [7, 11) is 0.